The van der Waals surface area contributed by atoms with Gasteiger partial charge in [-0.1, -0.05) is 13.3 Å². The van der Waals surface area contributed by atoms with Gasteiger partial charge in [0.1, 0.15) is 5.76 Å². The summed E-state index contributed by atoms with van der Waals surface area (Å²) in [6, 6.07) is 3.97. The maximum atomic E-state index is 5.31. The van der Waals surface area contributed by atoms with E-state index in [1.165, 1.54) is 19.3 Å². The molecule has 0 bridgehead atoms. The van der Waals surface area contributed by atoms with Gasteiger partial charge >= 0.3 is 0 Å². The summed E-state index contributed by atoms with van der Waals surface area (Å²) in [5.41, 5.74) is 0. The van der Waals surface area contributed by atoms with Crippen LogP contribution >= 0.6 is 0 Å². The Morgan fingerprint density at radius 1 is 1.31 bits per heavy atom. The van der Waals surface area contributed by atoms with Crippen LogP contribution in [-0.2, 0) is 6.54 Å². The Kier molecular flexibility index (Phi) is 6.93. The van der Waals surface area contributed by atoms with E-state index in [0.29, 0.717) is 0 Å². The van der Waals surface area contributed by atoms with E-state index in [9.17, 15) is 0 Å². The quantitative estimate of drug-likeness (QED) is 0.653. The van der Waals surface area contributed by atoms with Crippen molar-refractivity contribution in [3.63, 3.8) is 0 Å². The third-order valence-electron chi connectivity index (χ3n) is 2.65. The molecule has 92 valence electrons. The molecule has 0 atom stereocenters. The molecule has 0 saturated carbocycles. The summed E-state index contributed by atoms with van der Waals surface area (Å²) in [6.07, 6.45) is 5.58. The number of hydrogen-bond donors (Lipinski definition) is 1. The first-order valence-electron chi connectivity index (χ1n) is 6.24. The molecule has 0 radical (unpaired) electrons. The molecule has 1 aromatic rings. The van der Waals surface area contributed by atoms with E-state index in [-0.39, 0.29) is 0 Å². The molecule has 16 heavy (non-hydrogen) atoms. The van der Waals surface area contributed by atoms with Crippen LogP contribution in [-0.4, -0.2) is 31.6 Å². The fourth-order valence-corrected chi connectivity index (χ4v) is 1.73. The summed E-state index contributed by atoms with van der Waals surface area (Å²) < 4.78 is 5.31. The summed E-state index contributed by atoms with van der Waals surface area (Å²) in [5, 5.41) is 3.34. The zero-order chi connectivity index (χ0) is 11.6. The van der Waals surface area contributed by atoms with E-state index in [0.717, 1.165) is 31.9 Å². The molecule has 1 N–H and O–H groups in total. The molecule has 0 fully saturated rings. The lowest BCUT2D eigenvalue weighted by atomic mass is 10.2. The Hall–Kier alpha value is -0.800. The van der Waals surface area contributed by atoms with Gasteiger partial charge in [-0.2, -0.15) is 0 Å². The normalized spacial score (nSPS) is 11.2. The molecule has 0 aromatic carbocycles. The van der Waals surface area contributed by atoms with Crippen molar-refractivity contribution < 1.29 is 4.42 Å². The molecule has 0 amide bonds. The molecule has 0 aliphatic rings. The minimum absolute atomic E-state index is 0.917. The predicted molar refractivity (Wildman–Crippen MR) is 67.4 cm³/mol. The zero-order valence-electron chi connectivity index (χ0n) is 10.5. The number of rotatable bonds is 9. The van der Waals surface area contributed by atoms with Crippen LogP contribution in [0.2, 0.25) is 0 Å². The van der Waals surface area contributed by atoms with Gasteiger partial charge in [-0.25, -0.2) is 0 Å². The average Bonchev–Trinajstić information content (AvgIpc) is 2.76. The second kappa shape index (κ2) is 8.36. The van der Waals surface area contributed by atoms with Crippen LogP contribution in [0.25, 0.3) is 0 Å². The summed E-state index contributed by atoms with van der Waals surface area (Å²) in [7, 11) is 2.15. The number of nitrogens with zero attached hydrogens (tertiary/aromatic N) is 1. The monoisotopic (exact) mass is 224 g/mol. The lowest BCUT2D eigenvalue weighted by Crippen LogP contribution is -2.19. The van der Waals surface area contributed by atoms with Crippen LogP contribution in [0, 0.1) is 0 Å². The first-order chi connectivity index (χ1) is 7.83. The molecule has 0 unspecified atom stereocenters. The predicted octanol–water partition coefficient (Wildman–Crippen LogP) is 2.49. The van der Waals surface area contributed by atoms with Crippen molar-refractivity contribution in [1.82, 2.24) is 10.2 Å². The molecule has 0 aliphatic carbocycles. The maximum absolute atomic E-state index is 5.31. The lowest BCUT2D eigenvalue weighted by molar-refractivity contribution is 0.288. The highest BCUT2D eigenvalue weighted by atomic mass is 16.3. The first-order valence-corrected chi connectivity index (χ1v) is 6.24. The molecule has 0 saturated heterocycles. The fourth-order valence-electron chi connectivity index (χ4n) is 1.73. The van der Waals surface area contributed by atoms with Crippen LogP contribution < -0.4 is 5.32 Å². The van der Waals surface area contributed by atoms with Crippen LogP contribution in [0.4, 0.5) is 0 Å². The van der Waals surface area contributed by atoms with E-state index >= 15 is 0 Å². The Morgan fingerprint density at radius 3 is 2.88 bits per heavy atom. The van der Waals surface area contributed by atoms with Crippen LogP contribution in [0.1, 0.15) is 31.9 Å². The number of nitrogens with one attached hydrogen (secondary N) is 1. The van der Waals surface area contributed by atoms with Crippen molar-refractivity contribution in [2.45, 2.75) is 32.7 Å². The summed E-state index contributed by atoms with van der Waals surface area (Å²) in [5.74, 6) is 1.05. The van der Waals surface area contributed by atoms with E-state index in [1.807, 2.05) is 12.1 Å². The largest absolute Gasteiger partial charge is 0.468 e. The van der Waals surface area contributed by atoms with Crippen molar-refractivity contribution in [3.05, 3.63) is 24.2 Å². The molecular formula is C13H24N2O. The fraction of sp³-hybridized carbons (Fsp3) is 0.692. The molecule has 3 nitrogen and oxygen atoms in total. The molecule has 0 aliphatic heterocycles. The van der Waals surface area contributed by atoms with Crippen molar-refractivity contribution in [2.75, 3.05) is 26.7 Å². The third kappa shape index (κ3) is 5.93. The lowest BCUT2D eigenvalue weighted by Gasteiger charge is -2.14. The minimum atomic E-state index is 0.917. The number of unbranched alkanes of at least 4 members (excludes halogenated alkanes) is 2. The van der Waals surface area contributed by atoms with Crippen LogP contribution in [0.5, 0.6) is 0 Å². The Bertz CT molecular complexity index is 246. The third-order valence-corrected chi connectivity index (χ3v) is 2.65. The highest BCUT2D eigenvalue weighted by Gasteiger charge is 2.01. The zero-order valence-corrected chi connectivity index (χ0v) is 10.5. The Morgan fingerprint density at radius 2 is 2.19 bits per heavy atom. The van der Waals surface area contributed by atoms with Crippen molar-refractivity contribution in [3.8, 4) is 0 Å². The van der Waals surface area contributed by atoms with E-state index in [4.69, 9.17) is 4.42 Å². The van der Waals surface area contributed by atoms with Crippen molar-refractivity contribution in [1.29, 1.82) is 0 Å². The van der Waals surface area contributed by atoms with Gasteiger partial charge < -0.3 is 9.73 Å². The molecule has 1 aromatic heterocycles. The van der Waals surface area contributed by atoms with Gasteiger partial charge in [-0.05, 0) is 51.7 Å². The SMILES string of the molecule is CCNCCCCCN(C)Cc1ccco1. The van der Waals surface area contributed by atoms with E-state index in [1.54, 1.807) is 6.26 Å². The molecule has 0 spiro atoms. The van der Waals surface area contributed by atoms with Gasteiger partial charge in [0, 0.05) is 0 Å². The highest BCUT2D eigenvalue weighted by Crippen LogP contribution is 2.05. The van der Waals surface area contributed by atoms with Gasteiger partial charge in [0.15, 0.2) is 0 Å². The first kappa shape index (κ1) is 13.3. The van der Waals surface area contributed by atoms with Gasteiger partial charge in [-0.15, -0.1) is 0 Å². The van der Waals surface area contributed by atoms with Crippen molar-refractivity contribution in [2.24, 2.45) is 0 Å². The Balaban J connectivity index is 1.96. The standard InChI is InChI=1S/C13H24N2O/c1-3-14-9-5-4-6-10-15(2)12-13-8-7-11-16-13/h7-8,11,14H,3-6,9-10,12H2,1-2H3. The average molecular weight is 224 g/mol. The Labute approximate surface area is 98.8 Å². The van der Waals surface area contributed by atoms with Gasteiger partial charge in [-0.3, -0.25) is 4.90 Å². The van der Waals surface area contributed by atoms with E-state index in [2.05, 4.69) is 24.2 Å². The molecule has 3 heteroatoms. The second-order valence-electron chi connectivity index (χ2n) is 4.23. The minimum Gasteiger partial charge on any atom is -0.468 e. The summed E-state index contributed by atoms with van der Waals surface area (Å²) >= 11 is 0. The second-order valence-corrected chi connectivity index (χ2v) is 4.23. The van der Waals surface area contributed by atoms with Gasteiger partial charge in [0.25, 0.3) is 0 Å². The smallest absolute Gasteiger partial charge is 0.117 e. The van der Waals surface area contributed by atoms with Gasteiger partial charge in [0.2, 0.25) is 0 Å². The van der Waals surface area contributed by atoms with Gasteiger partial charge in [0.05, 0.1) is 12.8 Å². The molecule has 1 rings (SSSR count). The summed E-state index contributed by atoms with van der Waals surface area (Å²) in [6.45, 7) is 6.45. The molecule has 1 heterocycles. The van der Waals surface area contributed by atoms with E-state index < -0.39 is 0 Å². The topological polar surface area (TPSA) is 28.4 Å². The number of furan rings is 1. The van der Waals surface area contributed by atoms with Crippen LogP contribution in [0.3, 0.4) is 0 Å². The number of hydrogen-bond acceptors (Lipinski definition) is 3. The van der Waals surface area contributed by atoms with Crippen molar-refractivity contribution >= 4 is 0 Å². The van der Waals surface area contributed by atoms with Crippen LogP contribution in [0.15, 0.2) is 22.8 Å². The maximum Gasteiger partial charge on any atom is 0.117 e. The highest BCUT2D eigenvalue weighted by molar-refractivity contribution is 4.97. The molecular weight excluding hydrogens is 200 g/mol. The summed E-state index contributed by atoms with van der Waals surface area (Å²) in [4.78, 5) is 2.31.